The van der Waals surface area contributed by atoms with Gasteiger partial charge in [0.2, 0.25) is 11.7 Å². The Balaban J connectivity index is 1.56. The van der Waals surface area contributed by atoms with E-state index in [-0.39, 0.29) is 43.9 Å². The Morgan fingerprint density at radius 2 is 1.97 bits per heavy atom. The van der Waals surface area contributed by atoms with E-state index in [1.54, 1.807) is 18.9 Å². The maximum absolute atomic E-state index is 13.3. The summed E-state index contributed by atoms with van der Waals surface area (Å²) < 4.78 is 27.8. The maximum Gasteiger partial charge on any atom is 0.293 e. The monoisotopic (exact) mass is 485 g/mol. The third-order valence-electron chi connectivity index (χ3n) is 6.13. The molecule has 1 aromatic carbocycles. The van der Waals surface area contributed by atoms with Gasteiger partial charge in [-0.3, -0.25) is 9.59 Å². The molecule has 1 fully saturated rings. The second-order valence-electron chi connectivity index (χ2n) is 8.63. The number of hydrogen-bond acceptors (Lipinski definition) is 8. The second-order valence-corrected chi connectivity index (χ2v) is 8.63. The molecule has 10 heteroatoms. The molecule has 10 nitrogen and oxygen atoms in total. The molecule has 0 bridgehead atoms. The van der Waals surface area contributed by atoms with Crippen molar-refractivity contribution in [1.29, 1.82) is 0 Å². The summed E-state index contributed by atoms with van der Waals surface area (Å²) in [6.45, 7) is 7.12. The van der Waals surface area contributed by atoms with Crippen molar-refractivity contribution in [1.82, 2.24) is 15.0 Å². The zero-order chi connectivity index (χ0) is 24.9. The molecule has 2 aromatic rings. The van der Waals surface area contributed by atoms with Crippen molar-refractivity contribution in [2.75, 3.05) is 40.0 Å². The van der Waals surface area contributed by atoms with Gasteiger partial charge in [-0.05, 0) is 38.5 Å². The van der Waals surface area contributed by atoms with Crippen LogP contribution < -0.4 is 4.74 Å². The van der Waals surface area contributed by atoms with Gasteiger partial charge in [-0.25, -0.2) is 0 Å². The fourth-order valence-electron chi connectivity index (χ4n) is 4.15. The molecule has 0 aliphatic carbocycles. The van der Waals surface area contributed by atoms with Crippen molar-refractivity contribution in [3.8, 4) is 5.75 Å². The highest BCUT2D eigenvalue weighted by atomic mass is 16.6. The van der Waals surface area contributed by atoms with Crippen LogP contribution in [-0.2, 0) is 37.0 Å². The SMILES string of the molecule is COc1cccc(CN2C[C@@H](OCc3c(C)noc3C)CN(C(=O)C3=C(C)OCCO3)CC2=O)c1. The number of hydrogen-bond donors (Lipinski definition) is 0. The molecule has 0 saturated carbocycles. The highest BCUT2D eigenvalue weighted by Crippen LogP contribution is 2.22. The van der Waals surface area contributed by atoms with Crippen LogP contribution in [0.4, 0.5) is 0 Å². The number of carbonyl (C=O) groups excluding carboxylic acids is 2. The molecule has 188 valence electrons. The van der Waals surface area contributed by atoms with Crippen LogP contribution in [0.5, 0.6) is 5.75 Å². The van der Waals surface area contributed by atoms with E-state index in [9.17, 15) is 9.59 Å². The highest BCUT2D eigenvalue weighted by Gasteiger charge is 2.34. The van der Waals surface area contributed by atoms with E-state index < -0.39 is 6.10 Å². The number of aryl methyl sites for hydroxylation is 2. The number of amides is 2. The Labute approximate surface area is 204 Å². The van der Waals surface area contributed by atoms with Gasteiger partial charge >= 0.3 is 0 Å². The molecule has 35 heavy (non-hydrogen) atoms. The van der Waals surface area contributed by atoms with Crippen molar-refractivity contribution in [3.05, 3.63) is 58.4 Å². The van der Waals surface area contributed by atoms with Gasteiger partial charge in [-0.15, -0.1) is 0 Å². The number of nitrogens with zero attached hydrogens (tertiary/aromatic N) is 3. The number of rotatable bonds is 7. The number of ether oxygens (including phenoxy) is 4. The number of carbonyl (C=O) groups is 2. The number of benzene rings is 1. The van der Waals surface area contributed by atoms with Gasteiger partial charge < -0.3 is 33.3 Å². The first-order valence-electron chi connectivity index (χ1n) is 11.6. The lowest BCUT2D eigenvalue weighted by atomic mass is 10.2. The molecule has 2 amide bonds. The largest absolute Gasteiger partial charge is 0.497 e. The van der Waals surface area contributed by atoms with E-state index in [2.05, 4.69) is 5.16 Å². The fraction of sp³-hybridized carbons (Fsp3) is 0.480. The quantitative estimate of drug-likeness (QED) is 0.589. The molecule has 1 atom stereocenters. The molecular formula is C25H31N3O7. The minimum Gasteiger partial charge on any atom is -0.497 e. The van der Waals surface area contributed by atoms with Crippen LogP contribution in [-0.4, -0.2) is 72.8 Å². The van der Waals surface area contributed by atoms with Gasteiger partial charge in [0.15, 0.2) is 0 Å². The van der Waals surface area contributed by atoms with Crippen LogP contribution in [0.1, 0.15) is 29.5 Å². The number of aromatic nitrogens is 1. The summed E-state index contributed by atoms with van der Waals surface area (Å²) in [7, 11) is 1.60. The maximum atomic E-state index is 13.3. The molecule has 1 aromatic heterocycles. The third-order valence-corrected chi connectivity index (χ3v) is 6.13. The van der Waals surface area contributed by atoms with Gasteiger partial charge in [-0.2, -0.15) is 0 Å². The van der Waals surface area contributed by atoms with E-state index in [0.717, 1.165) is 16.8 Å². The molecule has 4 rings (SSSR count). The topological polar surface area (TPSA) is 104 Å². The number of methoxy groups -OCH3 is 1. The average molecular weight is 486 g/mol. The standard InChI is InChI=1S/C25H31N3O7/c1-16-22(17(2)35-26-16)15-34-21-12-27(11-19-6-5-7-20(10-19)31-4)23(29)14-28(13-21)25(30)24-18(3)32-8-9-33-24/h5-7,10,21H,8-9,11-15H2,1-4H3/t21-/m1/s1. The van der Waals surface area contributed by atoms with Crippen molar-refractivity contribution in [3.63, 3.8) is 0 Å². The Morgan fingerprint density at radius 1 is 1.17 bits per heavy atom. The Bertz CT molecular complexity index is 1090. The molecule has 0 unspecified atom stereocenters. The van der Waals surface area contributed by atoms with E-state index >= 15 is 0 Å². The zero-order valence-corrected chi connectivity index (χ0v) is 20.5. The van der Waals surface area contributed by atoms with Gasteiger partial charge in [0.1, 0.15) is 37.0 Å². The van der Waals surface area contributed by atoms with Crippen molar-refractivity contribution in [2.24, 2.45) is 0 Å². The summed E-state index contributed by atoms with van der Waals surface area (Å²) in [5.74, 6) is 1.38. The first-order valence-corrected chi connectivity index (χ1v) is 11.6. The summed E-state index contributed by atoms with van der Waals surface area (Å²) in [6, 6.07) is 7.56. The first kappa shape index (κ1) is 24.6. The molecule has 2 aliphatic rings. The average Bonchev–Trinajstić information content (AvgIpc) is 3.08. The summed E-state index contributed by atoms with van der Waals surface area (Å²) >= 11 is 0. The molecular weight excluding hydrogens is 454 g/mol. The van der Waals surface area contributed by atoms with E-state index in [0.29, 0.717) is 37.0 Å². The van der Waals surface area contributed by atoms with E-state index in [1.165, 1.54) is 4.90 Å². The summed E-state index contributed by atoms with van der Waals surface area (Å²) in [5.41, 5.74) is 2.53. The van der Waals surface area contributed by atoms with Crippen LogP contribution in [0.3, 0.4) is 0 Å². The normalized spacial score (nSPS) is 18.7. The fourth-order valence-corrected chi connectivity index (χ4v) is 4.15. The van der Waals surface area contributed by atoms with Crippen molar-refractivity contribution >= 4 is 11.8 Å². The van der Waals surface area contributed by atoms with Crippen molar-refractivity contribution in [2.45, 2.75) is 40.0 Å². The van der Waals surface area contributed by atoms with Crippen LogP contribution >= 0.6 is 0 Å². The second kappa shape index (κ2) is 10.8. The molecule has 0 spiro atoms. The molecule has 0 radical (unpaired) electrons. The smallest absolute Gasteiger partial charge is 0.293 e. The lowest BCUT2D eigenvalue weighted by Gasteiger charge is -2.27. The Morgan fingerprint density at radius 3 is 2.69 bits per heavy atom. The molecule has 2 aliphatic heterocycles. The molecule has 0 N–H and O–H groups in total. The van der Waals surface area contributed by atoms with Crippen LogP contribution in [0.25, 0.3) is 0 Å². The van der Waals surface area contributed by atoms with Crippen LogP contribution in [0.2, 0.25) is 0 Å². The van der Waals surface area contributed by atoms with E-state index in [4.69, 9.17) is 23.5 Å². The zero-order valence-electron chi connectivity index (χ0n) is 20.5. The predicted molar refractivity (Wildman–Crippen MR) is 124 cm³/mol. The van der Waals surface area contributed by atoms with E-state index in [1.807, 2.05) is 38.1 Å². The number of allylic oxidation sites excluding steroid dienone is 1. The lowest BCUT2D eigenvalue weighted by Crippen LogP contribution is -2.41. The van der Waals surface area contributed by atoms with Gasteiger partial charge in [0.25, 0.3) is 5.91 Å². The highest BCUT2D eigenvalue weighted by molar-refractivity contribution is 5.95. The Kier molecular flexibility index (Phi) is 7.60. The predicted octanol–water partition coefficient (Wildman–Crippen LogP) is 2.33. The van der Waals surface area contributed by atoms with Gasteiger partial charge in [-0.1, -0.05) is 17.3 Å². The van der Waals surface area contributed by atoms with Gasteiger partial charge in [0.05, 0.1) is 25.5 Å². The van der Waals surface area contributed by atoms with Crippen LogP contribution in [0, 0.1) is 13.8 Å². The summed E-state index contributed by atoms with van der Waals surface area (Å²) in [4.78, 5) is 29.7. The van der Waals surface area contributed by atoms with Crippen LogP contribution in [0.15, 0.2) is 40.3 Å². The minimum absolute atomic E-state index is 0.0892. The molecule has 3 heterocycles. The summed E-state index contributed by atoms with van der Waals surface area (Å²) in [5, 5.41) is 3.98. The van der Waals surface area contributed by atoms with Crippen molar-refractivity contribution < 1.29 is 33.1 Å². The Hall–Kier alpha value is -3.53. The van der Waals surface area contributed by atoms with Gasteiger partial charge in [0, 0.05) is 25.2 Å². The first-order chi connectivity index (χ1) is 16.9. The third kappa shape index (κ3) is 5.76. The minimum atomic E-state index is -0.435. The summed E-state index contributed by atoms with van der Waals surface area (Å²) in [6.07, 6.45) is -0.435. The molecule has 1 saturated heterocycles. The lowest BCUT2D eigenvalue weighted by molar-refractivity contribution is -0.139.